The van der Waals surface area contributed by atoms with E-state index in [1.807, 2.05) is 0 Å². The van der Waals surface area contributed by atoms with E-state index in [1.165, 1.54) is 6.92 Å². The van der Waals surface area contributed by atoms with E-state index in [1.54, 1.807) is 0 Å². The van der Waals surface area contributed by atoms with Gasteiger partial charge in [0.1, 0.15) is 10.9 Å². The molecule has 10 heteroatoms. The second-order valence-corrected chi connectivity index (χ2v) is 5.18. The summed E-state index contributed by atoms with van der Waals surface area (Å²) >= 11 is 2.94. The smallest absolute Gasteiger partial charge is 0.328 e. The quantitative estimate of drug-likeness (QED) is 0.307. The third-order valence-corrected chi connectivity index (χ3v) is 2.91. The Balaban J connectivity index is 4.41. The summed E-state index contributed by atoms with van der Waals surface area (Å²) in [5, 5.41) is 13.4. The van der Waals surface area contributed by atoms with Crippen LogP contribution in [0.3, 0.4) is 0 Å². The number of carboxylic acid groups (broad SMARTS) is 1. The molecule has 114 valence electrons. The van der Waals surface area contributed by atoms with Crippen molar-refractivity contribution in [3.8, 4) is 0 Å². The van der Waals surface area contributed by atoms with Crippen molar-refractivity contribution >= 4 is 39.6 Å². The zero-order chi connectivity index (χ0) is 15.9. The number of hydrogen-bond donors (Lipinski definition) is 5. The van der Waals surface area contributed by atoms with Gasteiger partial charge in [-0.2, -0.15) is 0 Å². The van der Waals surface area contributed by atoms with Gasteiger partial charge < -0.3 is 27.2 Å². The van der Waals surface area contributed by atoms with E-state index < -0.39 is 40.6 Å². The molecule has 0 aromatic carbocycles. The Morgan fingerprint density at radius 2 is 1.80 bits per heavy atom. The van der Waals surface area contributed by atoms with Crippen LogP contribution in [0.25, 0.3) is 0 Å². The van der Waals surface area contributed by atoms with E-state index in [0.29, 0.717) is 0 Å². The molecule has 0 radical (unpaired) electrons. The molecule has 0 spiro atoms. The molecule has 20 heavy (non-hydrogen) atoms. The predicted octanol–water partition coefficient (Wildman–Crippen LogP) is -2.34. The van der Waals surface area contributed by atoms with Crippen molar-refractivity contribution in [3.05, 3.63) is 0 Å². The molecule has 0 rings (SSSR count). The van der Waals surface area contributed by atoms with Crippen LogP contribution in [-0.2, 0) is 19.2 Å². The van der Waals surface area contributed by atoms with Crippen LogP contribution < -0.4 is 22.1 Å². The maximum atomic E-state index is 11.5. The zero-order valence-electron chi connectivity index (χ0n) is 10.8. The molecule has 3 amide bonds. The van der Waals surface area contributed by atoms with Gasteiger partial charge in [-0.15, -0.1) is 0 Å². The van der Waals surface area contributed by atoms with E-state index in [9.17, 15) is 19.2 Å². The molecule has 0 aromatic heterocycles. The minimum absolute atomic E-state index is 0.226. The number of aliphatic carboxylic acids is 1. The van der Waals surface area contributed by atoms with Gasteiger partial charge >= 0.3 is 5.97 Å². The fraction of sp³-hybridized carbons (Fsp3) is 0.600. The maximum Gasteiger partial charge on any atom is 0.328 e. The summed E-state index contributed by atoms with van der Waals surface area (Å²) in [5.74, 6) is -3.26. The molecule has 0 saturated heterocycles. The molecule has 7 N–H and O–H groups in total. The van der Waals surface area contributed by atoms with Gasteiger partial charge in [0.2, 0.25) is 17.7 Å². The first-order valence-electron chi connectivity index (χ1n) is 5.64. The second kappa shape index (κ2) is 8.48. The molecule has 0 saturated carbocycles. The van der Waals surface area contributed by atoms with E-state index in [-0.39, 0.29) is 13.0 Å². The van der Waals surface area contributed by atoms with Gasteiger partial charge in [0.05, 0.1) is 6.04 Å². The summed E-state index contributed by atoms with van der Waals surface area (Å²) in [7, 11) is 0. The van der Waals surface area contributed by atoms with Gasteiger partial charge in [-0.1, -0.05) is 15.9 Å². The topological polar surface area (TPSA) is 165 Å². The number of carboxylic acids is 1. The predicted molar refractivity (Wildman–Crippen MR) is 72.8 cm³/mol. The van der Waals surface area contributed by atoms with Crippen LogP contribution in [0.15, 0.2) is 0 Å². The SMILES string of the molecule is C[C@H](N)C(=O)N[C@@H](CNC(=O)[C@@H](Br)CC(N)=O)C(=O)O. The van der Waals surface area contributed by atoms with Crippen LogP contribution in [0, 0.1) is 0 Å². The number of alkyl halides is 1. The molecular formula is C10H17BrN4O5. The van der Waals surface area contributed by atoms with Crippen LogP contribution >= 0.6 is 15.9 Å². The molecule has 0 aromatic rings. The summed E-state index contributed by atoms with van der Waals surface area (Å²) in [6.07, 6.45) is -0.226. The summed E-state index contributed by atoms with van der Waals surface area (Å²) in [5.41, 5.74) is 10.2. The van der Waals surface area contributed by atoms with E-state index in [2.05, 4.69) is 26.6 Å². The van der Waals surface area contributed by atoms with Gasteiger partial charge in [-0.05, 0) is 6.92 Å². The van der Waals surface area contributed by atoms with E-state index in [0.717, 1.165) is 0 Å². The van der Waals surface area contributed by atoms with E-state index >= 15 is 0 Å². The Morgan fingerprint density at radius 1 is 1.25 bits per heavy atom. The number of halogens is 1. The average Bonchev–Trinajstić information content (AvgIpc) is 2.31. The third-order valence-electron chi connectivity index (χ3n) is 2.17. The Bertz CT molecular complexity index is 401. The van der Waals surface area contributed by atoms with Crippen molar-refractivity contribution in [1.82, 2.24) is 10.6 Å². The number of rotatable bonds is 8. The number of hydrogen-bond acceptors (Lipinski definition) is 5. The number of carbonyl (C=O) groups excluding carboxylic acids is 3. The van der Waals surface area contributed by atoms with E-state index in [4.69, 9.17) is 16.6 Å². The van der Waals surface area contributed by atoms with Crippen LogP contribution in [0.1, 0.15) is 13.3 Å². The number of carbonyl (C=O) groups is 4. The Labute approximate surface area is 123 Å². The first-order valence-corrected chi connectivity index (χ1v) is 6.55. The highest BCUT2D eigenvalue weighted by Crippen LogP contribution is 2.04. The van der Waals surface area contributed by atoms with Crippen molar-refractivity contribution in [3.63, 3.8) is 0 Å². The first-order chi connectivity index (χ1) is 9.15. The second-order valence-electron chi connectivity index (χ2n) is 4.07. The Kier molecular flexibility index (Phi) is 7.77. The summed E-state index contributed by atoms with van der Waals surface area (Å²) in [4.78, 5) is 43.5. The normalized spacial score (nSPS) is 14.8. The number of primary amides is 1. The number of nitrogens with one attached hydrogen (secondary N) is 2. The largest absolute Gasteiger partial charge is 0.480 e. The molecule has 3 atom stereocenters. The fourth-order valence-electron chi connectivity index (χ4n) is 1.09. The summed E-state index contributed by atoms with van der Waals surface area (Å²) in [6, 6.07) is -2.18. The minimum atomic E-state index is -1.32. The van der Waals surface area contributed by atoms with Crippen molar-refractivity contribution in [2.75, 3.05) is 6.54 Å². The highest BCUT2D eigenvalue weighted by Gasteiger charge is 2.24. The van der Waals surface area contributed by atoms with Crippen molar-refractivity contribution in [1.29, 1.82) is 0 Å². The molecule has 0 aliphatic heterocycles. The van der Waals surface area contributed by atoms with Crippen LogP contribution in [0.4, 0.5) is 0 Å². The van der Waals surface area contributed by atoms with Crippen LogP contribution in [-0.4, -0.2) is 52.3 Å². The highest BCUT2D eigenvalue weighted by atomic mass is 79.9. The standard InChI is InChI=1S/C10H17BrN4O5/c1-4(12)8(17)15-6(10(19)20)3-14-9(18)5(11)2-7(13)16/h4-6H,2-3,12H2,1H3,(H2,13,16)(H,14,18)(H,15,17)(H,19,20)/t4-,5-,6-/m0/s1. The molecule has 0 unspecified atom stereocenters. The lowest BCUT2D eigenvalue weighted by Gasteiger charge is -2.17. The lowest BCUT2D eigenvalue weighted by atomic mass is 10.2. The van der Waals surface area contributed by atoms with Crippen molar-refractivity contribution < 1.29 is 24.3 Å². The third kappa shape index (κ3) is 7.04. The molecule has 0 aliphatic carbocycles. The van der Waals surface area contributed by atoms with Gasteiger partial charge in [-0.3, -0.25) is 14.4 Å². The number of nitrogens with two attached hydrogens (primary N) is 2. The lowest BCUT2D eigenvalue weighted by Crippen LogP contribution is -2.52. The average molecular weight is 353 g/mol. The van der Waals surface area contributed by atoms with Gasteiger partial charge in [0, 0.05) is 13.0 Å². The van der Waals surface area contributed by atoms with Gasteiger partial charge in [0.25, 0.3) is 0 Å². The molecule has 0 bridgehead atoms. The molecule has 9 nitrogen and oxygen atoms in total. The molecule has 0 aliphatic rings. The van der Waals surface area contributed by atoms with Gasteiger partial charge in [0.15, 0.2) is 0 Å². The summed E-state index contributed by atoms with van der Waals surface area (Å²) < 4.78 is 0. The van der Waals surface area contributed by atoms with Crippen LogP contribution in [0.5, 0.6) is 0 Å². The minimum Gasteiger partial charge on any atom is -0.480 e. The molecule has 0 heterocycles. The Morgan fingerprint density at radius 3 is 2.20 bits per heavy atom. The fourth-order valence-corrected chi connectivity index (χ4v) is 1.57. The monoisotopic (exact) mass is 352 g/mol. The number of amides is 3. The van der Waals surface area contributed by atoms with Crippen molar-refractivity contribution in [2.45, 2.75) is 30.3 Å². The zero-order valence-corrected chi connectivity index (χ0v) is 12.3. The molecule has 0 fully saturated rings. The summed E-state index contributed by atoms with van der Waals surface area (Å²) in [6.45, 7) is 1.06. The van der Waals surface area contributed by atoms with Crippen molar-refractivity contribution in [2.24, 2.45) is 11.5 Å². The maximum absolute atomic E-state index is 11.5. The van der Waals surface area contributed by atoms with Gasteiger partial charge in [-0.25, -0.2) is 4.79 Å². The van der Waals surface area contributed by atoms with Crippen LogP contribution in [0.2, 0.25) is 0 Å². The highest BCUT2D eigenvalue weighted by molar-refractivity contribution is 9.10. The lowest BCUT2D eigenvalue weighted by molar-refractivity contribution is -0.142. The first kappa shape index (κ1) is 18.3. The molecular weight excluding hydrogens is 336 g/mol. The Hall–Kier alpha value is -1.68.